The summed E-state index contributed by atoms with van der Waals surface area (Å²) in [4.78, 5) is 22.5. The van der Waals surface area contributed by atoms with Crippen LogP contribution in [-0.4, -0.2) is 27.8 Å². The highest BCUT2D eigenvalue weighted by atomic mass is 35.5. The third-order valence-electron chi connectivity index (χ3n) is 3.69. The third kappa shape index (κ3) is 4.50. The van der Waals surface area contributed by atoms with Gasteiger partial charge in [0, 0.05) is 25.3 Å². The number of nitrogens with zero attached hydrogens (tertiary/aromatic N) is 3. The minimum atomic E-state index is -0.187. The summed E-state index contributed by atoms with van der Waals surface area (Å²) < 4.78 is 0. The molecule has 26 heavy (non-hydrogen) atoms. The molecule has 7 heteroatoms. The van der Waals surface area contributed by atoms with Crippen molar-refractivity contribution in [3.05, 3.63) is 82.2 Å². The Morgan fingerprint density at radius 1 is 1.04 bits per heavy atom. The van der Waals surface area contributed by atoms with E-state index >= 15 is 0 Å². The van der Waals surface area contributed by atoms with Gasteiger partial charge in [0.15, 0.2) is 0 Å². The van der Waals surface area contributed by atoms with Crippen LogP contribution in [0, 0.1) is 0 Å². The lowest BCUT2D eigenvalue weighted by Gasteiger charge is -2.17. The first-order valence-electron chi connectivity index (χ1n) is 7.86. The average molecular weight is 387 g/mol. The zero-order valence-corrected chi connectivity index (χ0v) is 15.5. The molecule has 0 saturated carbocycles. The van der Waals surface area contributed by atoms with Crippen LogP contribution in [0.15, 0.2) is 60.9 Å². The Balaban J connectivity index is 1.73. The van der Waals surface area contributed by atoms with E-state index in [9.17, 15) is 4.79 Å². The fourth-order valence-corrected chi connectivity index (χ4v) is 2.69. The maximum absolute atomic E-state index is 12.6. The minimum Gasteiger partial charge on any atom is -0.340 e. The van der Waals surface area contributed by atoms with Crippen LogP contribution in [-0.2, 0) is 6.54 Å². The van der Waals surface area contributed by atoms with Crippen molar-refractivity contribution in [3.8, 4) is 0 Å². The van der Waals surface area contributed by atoms with E-state index in [1.54, 1.807) is 36.2 Å². The molecule has 1 aromatic heterocycles. The molecule has 1 N–H and O–H groups in total. The van der Waals surface area contributed by atoms with Gasteiger partial charge >= 0.3 is 0 Å². The summed E-state index contributed by atoms with van der Waals surface area (Å²) in [7, 11) is 1.74. The number of halogens is 2. The Morgan fingerprint density at radius 3 is 2.54 bits per heavy atom. The molecule has 0 saturated heterocycles. The highest BCUT2D eigenvalue weighted by Crippen LogP contribution is 2.26. The van der Waals surface area contributed by atoms with E-state index in [-0.39, 0.29) is 5.91 Å². The highest BCUT2D eigenvalue weighted by molar-refractivity contribution is 6.42. The van der Waals surface area contributed by atoms with Crippen LogP contribution < -0.4 is 5.32 Å². The van der Waals surface area contributed by atoms with Crippen LogP contribution in [0.2, 0.25) is 10.0 Å². The SMILES string of the molecule is CN(Cc1ccccc1)C(=O)c1cc(Nc2ccc(Cl)c(Cl)c2)ncn1. The van der Waals surface area contributed by atoms with Crippen LogP contribution in [0.25, 0.3) is 0 Å². The maximum atomic E-state index is 12.6. The molecule has 0 bridgehead atoms. The molecular weight excluding hydrogens is 371 g/mol. The zero-order valence-electron chi connectivity index (χ0n) is 14.0. The standard InChI is InChI=1S/C19H16Cl2N4O/c1-25(11-13-5-3-2-4-6-13)19(26)17-10-18(23-12-22-17)24-14-7-8-15(20)16(21)9-14/h2-10,12H,11H2,1H3,(H,22,23,24). The molecule has 3 aromatic rings. The van der Waals surface area contributed by atoms with E-state index < -0.39 is 0 Å². The van der Waals surface area contributed by atoms with Gasteiger partial charge in [-0.05, 0) is 23.8 Å². The molecule has 0 aliphatic carbocycles. The Hall–Kier alpha value is -2.63. The van der Waals surface area contributed by atoms with Crippen LogP contribution in [0.3, 0.4) is 0 Å². The molecule has 1 amide bonds. The van der Waals surface area contributed by atoms with Gasteiger partial charge in [0.1, 0.15) is 17.8 Å². The van der Waals surface area contributed by atoms with Crippen molar-refractivity contribution in [1.82, 2.24) is 14.9 Å². The van der Waals surface area contributed by atoms with Gasteiger partial charge in [-0.25, -0.2) is 9.97 Å². The molecule has 1 heterocycles. The summed E-state index contributed by atoms with van der Waals surface area (Å²) in [5.41, 5.74) is 2.07. The fraction of sp³-hybridized carbons (Fsp3) is 0.105. The lowest BCUT2D eigenvalue weighted by molar-refractivity contribution is 0.0779. The smallest absolute Gasteiger partial charge is 0.272 e. The van der Waals surface area contributed by atoms with Crippen molar-refractivity contribution in [2.75, 3.05) is 12.4 Å². The number of amides is 1. The van der Waals surface area contributed by atoms with Crippen molar-refractivity contribution in [2.45, 2.75) is 6.54 Å². The lowest BCUT2D eigenvalue weighted by atomic mass is 10.2. The van der Waals surface area contributed by atoms with Gasteiger partial charge in [0.2, 0.25) is 0 Å². The van der Waals surface area contributed by atoms with Gasteiger partial charge in [-0.15, -0.1) is 0 Å². The van der Waals surface area contributed by atoms with E-state index in [4.69, 9.17) is 23.2 Å². The molecule has 0 atom stereocenters. The predicted octanol–water partition coefficient (Wildman–Crippen LogP) is 4.80. The summed E-state index contributed by atoms with van der Waals surface area (Å²) in [6.45, 7) is 0.499. The average Bonchev–Trinajstić information content (AvgIpc) is 2.65. The first-order chi connectivity index (χ1) is 12.5. The molecule has 0 radical (unpaired) electrons. The number of benzene rings is 2. The summed E-state index contributed by atoms with van der Waals surface area (Å²) in [6.07, 6.45) is 1.35. The first kappa shape index (κ1) is 18.2. The number of hydrogen-bond acceptors (Lipinski definition) is 4. The molecule has 132 valence electrons. The predicted molar refractivity (Wildman–Crippen MR) is 104 cm³/mol. The van der Waals surface area contributed by atoms with Gasteiger partial charge in [-0.1, -0.05) is 53.5 Å². The molecule has 0 aliphatic heterocycles. The number of carbonyl (C=O) groups is 1. The molecule has 0 fully saturated rings. The monoisotopic (exact) mass is 386 g/mol. The van der Waals surface area contributed by atoms with Crippen LogP contribution >= 0.6 is 23.2 Å². The molecular formula is C19H16Cl2N4O. The Bertz CT molecular complexity index is 918. The van der Waals surface area contributed by atoms with Crippen LogP contribution in [0.4, 0.5) is 11.5 Å². The third-order valence-corrected chi connectivity index (χ3v) is 4.43. The minimum absolute atomic E-state index is 0.187. The molecule has 2 aromatic carbocycles. The first-order valence-corrected chi connectivity index (χ1v) is 8.62. The van der Waals surface area contributed by atoms with Crippen molar-refractivity contribution < 1.29 is 4.79 Å². The van der Waals surface area contributed by atoms with Crippen molar-refractivity contribution in [2.24, 2.45) is 0 Å². The summed E-state index contributed by atoms with van der Waals surface area (Å²) >= 11 is 11.9. The number of hydrogen-bond donors (Lipinski definition) is 1. The number of aromatic nitrogens is 2. The van der Waals surface area contributed by atoms with E-state index in [1.165, 1.54) is 6.33 Å². The second kappa shape index (κ2) is 8.17. The largest absolute Gasteiger partial charge is 0.340 e. The number of nitrogens with one attached hydrogen (secondary N) is 1. The van der Waals surface area contributed by atoms with Crippen molar-refractivity contribution >= 4 is 40.6 Å². The van der Waals surface area contributed by atoms with Crippen LogP contribution in [0.1, 0.15) is 16.1 Å². The highest BCUT2D eigenvalue weighted by Gasteiger charge is 2.14. The molecule has 0 aliphatic rings. The molecule has 3 rings (SSSR count). The fourth-order valence-electron chi connectivity index (χ4n) is 2.39. The second-order valence-electron chi connectivity index (χ2n) is 5.69. The summed E-state index contributed by atoms with van der Waals surface area (Å²) in [5.74, 6) is 0.309. The number of rotatable bonds is 5. The molecule has 0 unspecified atom stereocenters. The summed E-state index contributed by atoms with van der Waals surface area (Å²) in [6, 6.07) is 16.5. The lowest BCUT2D eigenvalue weighted by Crippen LogP contribution is -2.27. The maximum Gasteiger partial charge on any atom is 0.272 e. The molecule has 0 spiro atoms. The normalized spacial score (nSPS) is 10.4. The Labute approximate surface area is 161 Å². The molecule has 5 nitrogen and oxygen atoms in total. The van der Waals surface area contributed by atoms with Crippen molar-refractivity contribution in [1.29, 1.82) is 0 Å². The quantitative estimate of drug-likeness (QED) is 0.683. The van der Waals surface area contributed by atoms with Crippen LogP contribution in [0.5, 0.6) is 0 Å². The van der Waals surface area contributed by atoms with Gasteiger partial charge in [-0.2, -0.15) is 0 Å². The van der Waals surface area contributed by atoms with Gasteiger partial charge < -0.3 is 10.2 Å². The Morgan fingerprint density at radius 2 is 1.81 bits per heavy atom. The van der Waals surface area contributed by atoms with Gasteiger partial charge in [-0.3, -0.25) is 4.79 Å². The zero-order chi connectivity index (χ0) is 18.5. The van der Waals surface area contributed by atoms with Gasteiger partial charge in [0.25, 0.3) is 5.91 Å². The Kier molecular flexibility index (Phi) is 5.71. The van der Waals surface area contributed by atoms with E-state index in [0.717, 1.165) is 5.56 Å². The van der Waals surface area contributed by atoms with E-state index in [0.29, 0.717) is 33.8 Å². The second-order valence-corrected chi connectivity index (χ2v) is 6.50. The number of anilines is 2. The van der Waals surface area contributed by atoms with Gasteiger partial charge in [0.05, 0.1) is 10.0 Å². The van der Waals surface area contributed by atoms with E-state index in [1.807, 2.05) is 30.3 Å². The number of carbonyl (C=O) groups excluding carboxylic acids is 1. The van der Waals surface area contributed by atoms with Crippen molar-refractivity contribution in [3.63, 3.8) is 0 Å². The summed E-state index contributed by atoms with van der Waals surface area (Å²) in [5, 5.41) is 4.00. The topological polar surface area (TPSA) is 58.1 Å². The van der Waals surface area contributed by atoms with E-state index in [2.05, 4.69) is 15.3 Å².